The molecule has 0 aromatic carbocycles. The maximum atomic E-state index is 10.4. The molecule has 76 valence electrons. The van der Waals surface area contributed by atoms with Gasteiger partial charge >= 0.3 is 0 Å². The Morgan fingerprint density at radius 1 is 1.71 bits per heavy atom. The topological polar surface area (TPSA) is 46.3 Å². The van der Waals surface area contributed by atoms with E-state index in [1.54, 1.807) is 6.07 Å². The average molecular weight is 194 g/mol. The van der Waals surface area contributed by atoms with Crippen LogP contribution in [-0.2, 0) is 0 Å². The van der Waals surface area contributed by atoms with E-state index in [-0.39, 0.29) is 0 Å². The van der Waals surface area contributed by atoms with Crippen LogP contribution in [0.2, 0.25) is 0 Å². The largest absolute Gasteiger partial charge is 0.360 e. The lowest BCUT2D eigenvalue weighted by Crippen LogP contribution is -2.30. The van der Waals surface area contributed by atoms with Crippen LogP contribution >= 0.6 is 0 Å². The lowest BCUT2D eigenvalue weighted by atomic mass is 9.96. The minimum Gasteiger partial charge on any atom is -0.360 e. The third-order valence-corrected chi connectivity index (χ3v) is 2.69. The summed E-state index contributed by atoms with van der Waals surface area (Å²) in [6.07, 6.45) is 3.02. The highest BCUT2D eigenvalue weighted by molar-refractivity contribution is 5.71. The molecule has 0 bridgehead atoms. The maximum absolute atomic E-state index is 10.4. The lowest BCUT2D eigenvalue weighted by molar-refractivity contribution is 0.111. The number of piperidine rings is 1. The first kappa shape index (κ1) is 9.40. The van der Waals surface area contributed by atoms with E-state index in [1.165, 1.54) is 6.42 Å². The lowest BCUT2D eigenvalue weighted by Gasteiger charge is -2.27. The first-order valence-electron chi connectivity index (χ1n) is 4.90. The Labute approximate surface area is 82.9 Å². The Kier molecular flexibility index (Phi) is 2.63. The van der Waals surface area contributed by atoms with Gasteiger partial charge in [-0.25, -0.2) is 0 Å². The fourth-order valence-corrected chi connectivity index (χ4v) is 1.95. The van der Waals surface area contributed by atoms with Crippen molar-refractivity contribution in [3.8, 4) is 0 Å². The molecular weight excluding hydrogens is 180 g/mol. The van der Waals surface area contributed by atoms with Crippen LogP contribution < -0.4 is 0 Å². The summed E-state index contributed by atoms with van der Waals surface area (Å²) in [5.41, 5.74) is 0.397. The second-order valence-corrected chi connectivity index (χ2v) is 3.87. The van der Waals surface area contributed by atoms with Gasteiger partial charge in [-0.15, -0.1) is 0 Å². The summed E-state index contributed by atoms with van der Waals surface area (Å²) >= 11 is 0. The monoisotopic (exact) mass is 194 g/mol. The molecule has 1 aliphatic heterocycles. The Hall–Kier alpha value is -1.16. The van der Waals surface area contributed by atoms with Crippen molar-refractivity contribution in [2.75, 3.05) is 20.1 Å². The third kappa shape index (κ3) is 1.85. The molecule has 0 radical (unpaired) electrons. The molecule has 1 aliphatic rings. The molecule has 14 heavy (non-hydrogen) atoms. The van der Waals surface area contributed by atoms with Gasteiger partial charge in [0.2, 0.25) is 0 Å². The van der Waals surface area contributed by atoms with E-state index in [1.807, 2.05) is 0 Å². The summed E-state index contributed by atoms with van der Waals surface area (Å²) in [5.74, 6) is 1.24. The third-order valence-electron chi connectivity index (χ3n) is 2.69. The summed E-state index contributed by atoms with van der Waals surface area (Å²) in [6.45, 7) is 2.14. The molecule has 1 saturated heterocycles. The number of carbonyl (C=O) groups excluding carboxylic acids is 1. The molecule has 4 heteroatoms. The zero-order valence-corrected chi connectivity index (χ0v) is 8.27. The van der Waals surface area contributed by atoms with Crippen LogP contribution in [0.1, 0.15) is 35.0 Å². The Bertz CT molecular complexity index is 322. The SMILES string of the molecule is CN1CCCC(c2cc(C=O)no2)C1. The standard InChI is InChI=1S/C10H14N2O2/c1-12-4-2-3-8(6-12)10-5-9(7-13)11-14-10/h5,7-8H,2-4,6H2,1H3. The summed E-state index contributed by atoms with van der Waals surface area (Å²) in [4.78, 5) is 12.7. The molecule has 1 unspecified atom stereocenters. The Balaban J connectivity index is 2.09. The van der Waals surface area contributed by atoms with Crippen LogP contribution in [0.5, 0.6) is 0 Å². The first-order valence-corrected chi connectivity index (χ1v) is 4.90. The van der Waals surface area contributed by atoms with Crippen molar-refractivity contribution < 1.29 is 9.32 Å². The van der Waals surface area contributed by atoms with Gasteiger partial charge in [0.25, 0.3) is 0 Å². The first-order chi connectivity index (χ1) is 6.79. The molecule has 1 aromatic heterocycles. The molecule has 1 aromatic rings. The second kappa shape index (κ2) is 3.92. The van der Waals surface area contributed by atoms with Crippen LogP contribution in [-0.4, -0.2) is 36.5 Å². The van der Waals surface area contributed by atoms with Gasteiger partial charge in [-0.1, -0.05) is 5.16 Å². The predicted octanol–water partition coefficient (Wildman–Crippen LogP) is 1.30. The quantitative estimate of drug-likeness (QED) is 0.666. The van der Waals surface area contributed by atoms with E-state index in [9.17, 15) is 4.79 Å². The molecule has 0 N–H and O–H groups in total. The number of aromatic nitrogens is 1. The highest BCUT2D eigenvalue weighted by Crippen LogP contribution is 2.26. The highest BCUT2D eigenvalue weighted by atomic mass is 16.5. The van der Waals surface area contributed by atoms with Crippen LogP contribution in [0.15, 0.2) is 10.6 Å². The molecule has 0 saturated carbocycles. The van der Waals surface area contributed by atoms with Crippen molar-refractivity contribution in [3.05, 3.63) is 17.5 Å². The molecule has 0 aliphatic carbocycles. The fraction of sp³-hybridized carbons (Fsp3) is 0.600. The molecule has 0 spiro atoms. The maximum Gasteiger partial charge on any atom is 0.171 e. The van der Waals surface area contributed by atoms with E-state index >= 15 is 0 Å². The fourth-order valence-electron chi connectivity index (χ4n) is 1.95. The van der Waals surface area contributed by atoms with Gasteiger partial charge in [0.15, 0.2) is 6.29 Å². The molecule has 1 fully saturated rings. The molecule has 0 amide bonds. The molecule has 4 nitrogen and oxygen atoms in total. The molecule has 1 atom stereocenters. The smallest absolute Gasteiger partial charge is 0.171 e. The number of likely N-dealkylation sites (tertiary alicyclic amines) is 1. The summed E-state index contributed by atoms with van der Waals surface area (Å²) < 4.78 is 5.14. The summed E-state index contributed by atoms with van der Waals surface area (Å²) in [7, 11) is 2.10. The number of carbonyl (C=O) groups is 1. The van der Waals surface area contributed by atoms with Crippen molar-refractivity contribution >= 4 is 6.29 Å². The number of likely N-dealkylation sites (N-methyl/N-ethyl adjacent to an activating group) is 1. The molecule has 2 heterocycles. The zero-order chi connectivity index (χ0) is 9.97. The van der Waals surface area contributed by atoms with E-state index in [0.717, 1.165) is 31.6 Å². The Morgan fingerprint density at radius 3 is 3.21 bits per heavy atom. The minimum atomic E-state index is 0.397. The average Bonchev–Trinajstić information content (AvgIpc) is 2.66. The van der Waals surface area contributed by atoms with Crippen molar-refractivity contribution in [2.45, 2.75) is 18.8 Å². The van der Waals surface area contributed by atoms with Gasteiger partial charge in [0.1, 0.15) is 11.5 Å². The van der Waals surface area contributed by atoms with Gasteiger partial charge < -0.3 is 9.42 Å². The van der Waals surface area contributed by atoms with Crippen molar-refractivity contribution in [1.82, 2.24) is 10.1 Å². The van der Waals surface area contributed by atoms with Crippen molar-refractivity contribution in [1.29, 1.82) is 0 Å². The van der Waals surface area contributed by atoms with Gasteiger partial charge in [0.05, 0.1) is 0 Å². The Morgan fingerprint density at radius 2 is 2.57 bits per heavy atom. The van der Waals surface area contributed by atoms with Crippen molar-refractivity contribution in [3.63, 3.8) is 0 Å². The molecule has 2 rings (SSSR count). The van der Waals surface area contributed by atoms with E-state index in [4.69, 9.17) is 4.52 Å². The van der Waals surface area contributed by atoms with Crippen LogP contribution in [0, 0.1) is 0 Å². The number of nitrogens with zero attached hydrogens (tertiary/aromatic N) is 2. The van der Waals surface area contributed by atoms with Gasteiger partial charge in [-0.05, 0) is 26.4 Å². The van der Waals surface area contributed by atoms with Crippen LogP contribution in [0.3, 0.4) is 0 Å². The van der Waals surface area contributed by atoms with Crippen LogP contribution in [0.25, 0.3) is 0 Å². The van der Waals surface area contributed by atoms with E-state index < -0.39 is 0 Å². The molecular formula is C10H14N2O2. The second-order valence-electron chi connectivity index (χ2n) is 3.87. The number of aldehydes is 1. The normalized spacial score (nSPS) is 23.6. The van der Waals surface area contributed by atoms with E-state index in [0.29, 0.717) is 11.6 Å². The summed E-state index contributed by atoms with van der Waals surface area (Å²) in [6, 6.07) is 1.75. The highest BCUT2D eigenvalue weighted by Gasteiger charge is 2.22. The zero-order valence-electron chi connectivity index (χ0n) is 8.27. The number of hydrogen-bond donors (Lipinski definition) is 0. The van der Waals surface area contributed by atoms with Crippen LogP contribution in [0.4, 0.5) is 0 Å². The summed E-state index contributed by atoms with van der Waals surface area (Å²) in [5, 5.41) is 3.67. The van der Waals surface area contributed by atoms with Gasteiger partial charge in [-0.2, -0.15) is 0 Å². The number of hydrogen-bond acceptors (Lipinski definition) is 4. The number of rotatable bonds is 2. The van der Waals surface area contributed by atoms with Crippen molar-refractivity contribution in [2.24, 2.45) is 0 Å². The van der Waals surface area contributed by atoms with Gasteiger partial charge in [0, 0.05) is 18.5 Å². The van der Waals surface area contributed by atoms with E-state index in [2.05, 4.69) is 17.1 Å². The van der Waals surface area contributed by atoms with Gasteiger partial charge in [-0.3, -0.25) is 4.79 Å². The minimum absolute atomic E-state index is 0.397. The predicted molar refractivity (Wildman–Crippen MR) is 51.4 cm³/mol.